The molecule has 0 aromatic heterocycles. The van der Waals surface area contributed by atoms with Gasteiger partial charge in [-0.3, -0.25) is 0 Å². The summed E-state index contributed by atoms with van der Waals surface area (Å²) in [7, 11) is 0. The fraction of sp³-hybridized carbons (Fsp3) is 0.429. The lowest BCUT2D eigenvalue weighted by atomic mass is 9.98. The van der Waals surface area contributed by atoms with Gasteiger partial charge in [-0.15, -0.1) is 0 Å². The molecule has 0 saturated heterocycles. The monoisotopic (exact) mass is 220 g/mol. The first kappa shape index (κ1) is 12.6. The highest BCUT2D eigenvalue weighted by atomic mass is 16.5. The number of hydrogen-bond acceptors (Lipinski definition) is 2. The highest BCUT2D eigenvalue weighted by molar-refractivity contribution is 5.56. The van der Waals surface area contributed by atoms with Crippen molar-refractivity contribution in [3.8, 4) is 11.5 Å². The summed E-state index contributed by atoms with van der Waals surface area (Å²) in [5.74, 6) is 1.24. The smallest absolute Gasteiger partial charge is 0.126 e. The van der Waals surface area contributed by atoms with Gasteiger partial charge < -0.3 is 9.84 Å². The van der Waals surface area contributed by atoms with Gasteiger partial charge in [0.2, 0.25) is 0 Å². The van der Waals surface area contributed by atoms with Crippen molar-refractivity contribution in [2.45, 2.75) is 34.6 Å². The SMILES string of the molecule is C=C(C)COc1c(C)c(C)c(O)c(C)c1C. The van der Waals surface area contributed by atoms with Crippen molar-refractivity contribution in [2.24, 2.45) is 0 Å². The number of aromatic hydroxyl groups is 1. The highest BCUT2D eigenvalue weighted by Gasteiger charge is 2.14. The first-order chi connectivity index (χ1) is 7.36. The fourth-order valence-corrected chi connectivity index (χ4v) is 1.67. The zero-order valence-electron chi connectivity index (χ0n) is 10.8. The van der Waals surface area contributed by atoms with Gasteiger partial charge in [-0.2, -0.15) is 0 Å². The van der Waals surface area contributed by atoms with Crippen molar-refractivity contribution in [3.63, 3.8) is 0 Å². The van der Waals surface area contributed by atoms with Crippen LogP contribution in [0, 0.1) is 27.7 Å². The van der Waals surface area contributed by atoms with E-state index in [2.05, 4.69) is 6.58 Å². The Morgan fingerprint density at radius 2 is 1.50 bits per heavy atom. The molecule has 0 amide bonds. The van der Waals surface area contributed by atoms with Crippen LogP contribution in [0.4, 0.5) is 0 Å². The normalized spacial score (nSPS) is 10.3. The van der Waals surface area contributed by atoms with Gasteiger partial charge in [0.15, 0.2) is 0 Å². The van der Waals surface area contributed by atoms with Gasteiger partial charge in [0.1, 0.15) is 18.1 Å². The average Bonchev–Trinajstić information content (AvgIpc) is 2.23. The molecule has 0 heterocycles. The lowest BCUT2D eigenvalue weighted by molar-refractivity contribution is 0.345. The predicted octanol–water partition coefficient (Wildman–Crippen LogP) is 3.58. The van der Waals surface area contributed by atoms with Gasteiger partial charge in [0.05, 0.1) is 0 Å². The minimum Gasteiger partial charge on any atom is -0.507 e. The Kier molecular flexibility index (Phi) is 3.63. The van der Waals surface area contributed by atoms with E-state index >= 15 is 0 Å². The zero-order valence-corrected chi connectivity index (χ0v) is 10.8. The van der Waals surface area contributed by atoms with E-state index in [-0.39, 0.29) is 0 Å². The summed E-state index contributed by atoms with van der Waals surface area (Å²) in [4.78, 5) is 0. The standard InChI is InChI=1S/C14H20O2/c1-8(2)7-16-14-11(5)9(3)13(15)10(4)12(14)6/h15H,1,7H2,2-6H3. The molecule has 1 aromatic carbocycles. The Morgan fingerprint density at radius 3 is 1.88 bits per heavy atom. The van der Waals surface area contributed by atoms with Crippen LogP contribution >= 0.6 is 0 Å². The third kappa shape index (κ3) is 2.21. The molecule has 0 fully saturated rings. The molecular formula is C14H20O2. The molecule has 0 spiro atoms. The maximum absolute atomic E-state index is 9.90. The summed E-state index contributed by atoms with van der Waals surface area (Å²) in [5.41, 5.74) is 4.77. The second-order valence-corrected chi connectivity index (χ2v) is 4.42. The molecule has 0 aliphatic heterocycles. The molecular weight excluding hydrogens is 200 g/mol. The van der Waals surface area contributed by atoms with Crippen LogP contribution < -0.4 is 4.74 Å². The van der Waals surface area contributed by atoms with Crippen molar-refractivity contribution in [1.29, 1.82) is 0 Å². The van der Waals surface area contributed by atoms with Crippen LogP contribution in [0.3, 0.4) is 0 Å². The second-order valence-electron chi connectivity index (χ2n) is 4.42. The van der Waals surface area contributed by atoms with E-state index in [0.29, 0.717) is 12.4 Å². The van der Waals surface area contributed by atoms with Crippen LogP contribution in [0.1, 0.15) is 29.2 Å². The van der Waals surface area contributed by atoms with E-state index in [4.69, 9.17) is 4.74 Å². The van der Waals surface area contributed by atoms with E-state index in [1.165, 1.54) is 0 Å². The van der Waals surface area contributed by atoms with E-state index in [9.17, 15) is 5.11 Å². The van der Waals surface area contributed by atoms with Gasteiger partial charge in [-0.1, -0.05) is 6.58 Å². The zero-order chi connectivity index (χ0) is 12.5. The number of ether oxygens (including phenoxy) is 1. The molecule has 0 saturated carbocycles. The number of hydrogen-bond donors (Lipinski definition) is 1. The van der Waals surface area contributed by atoms with Gasteiger partial charge in [-0.05, 0) is 62.4 Å². The summed E-state index contributed by atoms with van der Waals surface area (Å²) >= 11 is 0. The Morgan fingerprint density at radius 1 is 1.06 bits per heavy atom. The van der Waals surface area contributed by atoms with Gasteiger partial charge in [0, 0.05) is 0 Å². The Balaban J connectivity index is 3.23. The molecule has 1 N–H and O–H groups in total. The second kappa shape index (κ2) is 4.60. The molecule has 88 valence electrons. The molecule has 0 aliphatic rings. The molecule has 2 heteroatoms. The van der Waals surface area contributed by atoms with Crippen LogP contribution in [0.25, 0.3) is 0 Å². The third-order valence-corrected chi connectivity index (χ3v) is 2.98. The molecule has 2 nitrogen and oxygen atoms in total. The third-order valence-electron chi connectivity index (χ3n) is 2.98. The average molecular weight is 220 g/mol. The quantitative estimate of drug-likeness (QED) is 0.789. The van der Waals surface area contributed by atoms with E-state index in [0.717, 1.165) is 33.6 Å². The predicted molar refractivity (Wildman–Crippen MR) is 67.4 cm³/mol. The van der Waals surface area contributed by atoms with Crippen LogP contribution in [-0.2, 0) is 0 Å². The summed E-state index contributed by atoms with van der Waals surface area (Å²) in [6, 6.07) is 0. The Hall–Kier alpha value is -1.44. The van der Waals surface area contributed by atoms with Crippen molar-refractivity contribution in [2.75, 3.05) is 6.61 Å². The molecule has 1 aromatic rings. The fourth-order valence-electron chi connectivity index (χ4n) is 1.67. The molecule has 0 unspecified atom stereocenters. The summed E-state index contributed by atoms with van der Waals surface area (Å²) < 4.78 is 5.74. The minimum atomic E-state index is 0.373. The van der Waals surface area contributed by atoms with Crippen LogP contribution in [0.15, 0.2) is 12.2 Å². The first-order valence-corrected chi connectivity index (χ1v) is 5.42. The van der Waals surface area contributed by atoms with Gasteiger partial charge in [0.25, 0.3) is 0 Å². The topological polar surface area (TPSA) is 29.5 Å². The molecule has 0 atom stereocenters. The molecule has 0 bridgehead atoms. The Bertz CT molecular complexity index is 402. The van der Waals surface area contributed by atoms with Crippen LogP contribution in [0.5, 0.6) is 11.5 Å². The van der Waals surface area contributed by atoms with E-state index in [1.807, 2.05) is 34.6 Å². The van der Waals surface area contributed by atoms with E-state index < -0.39 is 0 Å². The van der Waals surface area contributed by atoms with Crippen molar-refractivity contribution >= 4 is 0 Å². The van der Waals surface area contributed by atoms with Crippen LogP contribution in [0.2, 0.25) is 0 Å². The largest absolute Gasteiger partial charge is 0.507 e. The molecule has 16 heavy (non-hydrogen) atoms. The van der Waals surface area contributed by atoms with Crippen molar-refractivity contribution < 1.29 is 9.84 Å². The number of rotatable bonds is 3. The molecule has 0 radical (unpaired) electrons. The lowest BCUT2D eigenvalue weighted by Crippen LogP contribution is -2.03. The maximum Gasteiger partial charge on any atom is 0.126 e. The highest BCUT2D eigenvalue weighted by Crippen LogP contribution is 2.36. The Labute approximate surface area is 97.6 Å². The number of phenolic OH excluding ortho intramolecular Hbond substituents is 1. The lowest BCUT2D eigenvalue weighted by Gasteiger charge is -2.17. The van der Waals surface area contributed by atoms with Crippen molar-refractivity contribution in [3.05, 3.63) is 34.4 Å². The number of benzene rings is 1. The van der Waals surface area contributed by atoms with E-state index in [1.54, 1.807) is 0 Å². The van der Waals surface area contributed by atoms with Gasteiger partial charge in [-0.25, -0.2) is 0 Å². The molecule has 0 aliphatic carbocycles. The minimum absolute atomic E-state index is 0.373. The van der Waals surface area contributed by atoms with Crippen molar-refractivity contribution in [1.82, 2.24) is 0 Å². The maximum atomic E-state index is 9.90. The summed E-state index contributed by atoms with van der Waals surface area (Å²) in [5, 5.41) is 9.90. The van der Waals surface area contributed by atoms with Crippen LogP contribution in [-0.4, -0.2) is 11.7 Å². The summed E-state index contributed by atoms with van der Waals surface area (Å²) in [6.07, 6.45) is 0. The molecule has 1 rings (SSSR count). The number of phenols is 1. The first-order valence-electron chi connectivity index (χ1n) is 5.42. The van der Waals surface area contributed by atoms with Gasteiger partial charge >= 0.3 is 0 Å². The summed E-state index contributed by atoms with van der Waals surface area (Å²) in [6.45, 7) is 14.0.